The van der Waals surface area contributed by atoms with Crippen molar-refractivity contribution in [2.24, 2.45) is 4.99 Å². The molecule has 0 aliphatic carbocycles. The van der Waals surface area contributed by atoms with Crippen molar-refractivity contribution >= 4 is 37.3 Å². The lowest BCUT2D eigenvalue weighted by Gasteiger charge is -2.05. The second-order valence-corrected chi connectivity index (χ2v) is 9.19. The molecule has 0 atom stereocenters. The van der Waals surface area contributed by atoms with E-state index >= 15 is 0 Å². The highest BCUT2D eigenvalue weighted by Crippen LogP contribution is 2.22. The first-order chi connectivity index (χ1) is 13.4. The third-order valence-corrected chi connectivity index (χ3v) is 7.10. The second kappa shape index (κ2) is 8.28. The molecule has 0 unspecified atom stereocenters. The van der Waals surface area contributed by atoms with E-state index in [1.807, 2.05) is 23.6 Å². The minimum atomic E-state index is -3.77. The Morgan fingerprint density at radius 3 is 2.46 bits per heavy atom. The van der Waals surface area contributed by atoms with Gasteiger partial charge in [-0.3, -0.25) is 4.79 Å². The largest absolute Gasteiger partial charge is 0.497 e. The maximum absolute atomic E-state index is 12.5. The van der Waals surface area contributed by atoms with Crippen molar-refractivity contribution in [1.82, 2.24) is 4.57 Å². The Balaban J connectivity index is 1.96. The van der Waals surface area contributed by atoms with Gasteiger partial charge in [-0.25, -0.2) is 8.42 Å². The molecule has 0 saturated heterocycles. The third kappa shape index (κ3) is 4.02. The van der Waals surface area contributed by atoms with Gasteiger partial charge in [0.15, 0.2) is 14.6 Å². The smallest absolute Gasteiger partial charge is 0.263 e. The summed E-state index contributed by atoms with van der Waals surface area (Å²) in [6, 6.07) is 12.0. The highest BCUT2D eigenvalue weighted by atomic mass is 32.2. The monoisotopic (exact) mass is 418 g/mol. The lowest BCUT2D eigenvalue weighted by Crippen LogP contribution is -2.20. The Labute approximate surface area is 168 Å². The van der Waals surface area contributed by atoms with E-state index < -0.39 is 21.5 Å². The van der Waals surface area contributed by atoms with Crippen molar-refractivity contribution in [3.05, 3.63) is 52.8 Å². The van der Waals surface area contributed by atoms with Crippen LogP contribution < -0.4 is 9.54 Å². The number of sulfone groups is 1. The minimum absolute atomic E-state index is 0.0739. The van der Waals surface area contributed by atoms with Crippen LogP contribution in [0.3, 0.4) is 0 Å². The summed E-state index contributed by atoms with van der Waals surface area (Å²) in [4.78, 5) is 17.2. The molecule has 0 N–H and O–H groups in total. The van der Waals surface area contributed by atoms with Crippen molar-refractivity contribution in [3.63, 3.8) is 0 Å². The van der Waals surface area contributed by atoms with Crippen molar-refractivity contribution in [2.45, 2.75) is 31.7 Å². The molecule has 0 aliphatic heterocycles. The van der Waals surface area contributed by atoms with Crippen LogP contribution in [0.15, 0.2) is 52.4 Å². The number of hydrogen-bond acceptors (Lipinski definition) is 5. The van der Waals surface area contributed by atoms with Gasteiger partial charge in [-0.15, -0.1) is 0 Å². The van der Waals surface area contributed by atoms with Gasteiger partial charge in [0.2, 0.25) is 0 Å². The molecule has 28 heavy (non-hydrogen) atoms. The van der Waals surface area contributed by atoms with Gasteiger partial charge in [-0.05, 0) is 49.2 Å². The van der Waals surface area contributed by atoms with Crippen LogP contribution in [0.1, 0.15) is 19.4 Å². The number of nitrogens with zero attached hydrogens (tertiary/aromatic N) is 2. The van der Waals surface area contributed by atoms with E-state index in [9.17, 15) is 13.2 Å². The number of hydrogen-bond donors (Lipinski definition) is 0. The van der Waals surface area contributed by atoms with E-state index in [2.05, 4.69) is 18.0 Å². The first-order valence-corrected chi connectivity index (χ1v) is 11.4. The fraction of sp³-hybridized carbons (Fsp3) is 0.300. The Kier molecular flexibility index (Phi) is 6.00. The Morgan fingerprint density at radius 1 is 1.14 bits per heavy atom. The van der Waals surface area contributed by atoms with Crippen LogP contribution in [-0.2, 0) is 27.6 Å². The highest BCUT2D eigenvalue weighted by Gasteiger charge is 2.20. The van der Waals surface area contributed by atoms with E-state index in [4.69, 9.17) is 4.74 Å². The number of para-hydroxylation sites is 1. The number of aromatic nitrogens is 1. The van der Waals surface area contributed by atoms with E-state index in [0.29, 0.717) is 17.1 Å². The topological polar surface area (TPSA) is 77.7 Å². The molecular formula is C20H22N2O4S2. The van der Waals surface area contributed by atoms with Gasteiger partial charge in [0.1, 0.15) is 11.5 Å². The number of ether oxygens (including phenoxy) is 1. The normalized spacial score (nSPS) is 12.5. The quantitative estimate of drug-likeness (QED) is 0.616. The van der Waals surface area contributed by atoms with Crippen molar-refractivity contribution in [2.75, 3.05) is 12.9 Å². The summed E-state index contributed by atoms with van der Waals surface area (Å²) in [7, 11) is -2.27. The maximum atomic E-state index is 12.5. The lowest BCUT2D eigenvalue weighted by atomic mass is 10.1. The molecule has 0 bridgehead atoms. The van der Waals surface area contributed by atoms with Crippen molar-refractivity contribution < 1.29 is 17.9 Å². The van der Waals surface area contributed by atoms with Crippen molar-refractivity contribution in [3.8, 4) is 5.75 Å². The van der Waals surface area contributed by atoms with Crippen LogP contribution in [0, 0.1) is 0 Å². The molecule has 3 aromatic rings. The van der Waals surface area contributed by atoms with Gasteiger partial charge in [0.05, 0.1) is 22.2 Å². The van der Waals surface area contributed by atoms with E-state index in [-0.39, 0.29) is 4.90 Å². The first-order valence-electron chi connectivity index (χ1n) is 8.95. The molecule has 8 heteroatoms. The number of aryl methyl sites for hydroxylation is 2. The van der Waals surface area contributed by atoms with Crippen LogP contribution in [0.5, 0.6) is 5.75 Å². The third-order valence-electron chi connectivity index (χ3n) is 4.43. The maximum Gasteiger partial charge on any atom is 0.263 e. The zero-order valence-electron chi connectivity index (χ0n) is 16.0. The number of thiazole rings is 1. The zero-order chi connectivity index (χ0) is 20.3. The highest BCUT2D eigenvalue weighted by molar-refractivity contribution is 7.92. The van der Waals surface area contributed by atoms with Crippen LogP contribution in [0.4, 0.5) is 0 Å². The van der Waals surface area contributed by atoms with Crippen LogP contribution >= 0.6 is 11.3 Å². The molecule has 148 valence electrons. The van der Waals surface area contributed by atoms with Crippen LogP contribution in [0.2, 0.25) is 0 Å². The molecule has 2 aromatic carbocycles. The molecular weight excluding hydrogens is 396 g/mol. The summed E-state index contributed by atoms with van der Waals surface area (Å²) in [6.07, 6.45) is 0.868. The fourth-order valence-electron chi connectivity index (χ4n) is 3.04. The number of amides is 1. The van der Waals surface area contributed by atoms with Gasteiger partial charge in [-0.2, -0.15) is 4.99 Å². The summed E-state index contributed by atoms with van der Waals surface area (Å²) in [5, 5.41) is 0. The summed E-state index contributed by atoms with van der Waals surface area (Å²) in [5.41, 5.74) is 2.23. The average Bonchev–Trinajstić information content (AvgIpc) is 3.04. The van der Waals surface area contributed by atoms with Gasteiger partial charge in [0.25, 0.3) is 5.91 Å². The van der Waals surface area contributed by atoms with Crippen LogP contribution in [-0.4, -0.2) is 31.8 Å². The van der Waals surface area contributed by atoms with Gasteiger partial charge < -0.3 is 9.30 Å². The standard InChI is InChI=1S/C20H22N2O4S2/c1-4-14-7-6-8-17-19(14)22(5-2)20(27-17)21-18(23)13-28(24,25)16-11-9-15(26-3)10-12-16/h6-12H,4-5,13H2,1-3H3. The van der Waals surface area contributed by atoms with E-state index in [1.165, 1.54) is 36.1 Å². The minimum Gasteiger partial charge on any atom is -0.497 e. The molecule has 0 spiro atoms. The summed E-state index contributed by atoms with van der Waals surface area (Å²) in [5.74, 6) is -0.795. The molecule has 1 amide bonds. The predicted octanol–water partition coefficient (Wildman–Crippen LogP) is 3.19. The number of methoxy groups -OCH3 is 1. The SMILES string of the molecule is CCc1cccc2sc(=NC(=O)CS(=O)(=O)c3ccc(OC)cc3)n(CC)c12. The second-order valence-electron chi connectivity index (χ2n) is 6.19. The molecule has 1 aromatic heterocycles. The number of benzene rings is 2. The predicted molar refractivity (Wildman–Crippen MR) is 110 cm³/mol. The summed E-state index contributed by atoms with van der Waals surface area (Å²) >= 11 is 1.40. The zero-order valence-corrected chi connectivity index (χ0v) is 17.6. The van der Waals surface area contributed by atoms with Crippen LogP contribution in [0.25, 0.3) is 10.2 Å². The molecule has 0 saturated carbocycles. The van der Waals surface area contributed by atoms with E-state index in [0.717, 1.165) is 16.6 Å². The Hall–Kier alpha value is -2.45. The van der Waals surface area contributed by atoms with Gasteiger partial charge >= 0.3 is 0 Å². The summed E-state index contributed by atoms with van der Waals surface area (Å²) < 4.78 is 33.1. The van der Waals surface area contributed by atoms with Crippen molar-refractivity contribution in [1.29, 1.82) is 0 Å². The molecule has 0 fully saturated rings. The molecule has 6 nitrogen and oxygen atoms in total. The molecule has 0 radical (unpaired) electrons. The number of rotatable bonds is 6. The molecule has 0 aliphatic rings. The number of carbonyl (C=O) groups excluding carboxylic acids is 1. The average molecular weight is 419 g/mol. The molecule has 1 heterocycles. The lowest BCUT2D eigenvalue weighted by molar-refractivity contribution is -0.115. The van der Waals surface area contributed by atoms with E-state index in [1.54, 1.807) is 12.1 Å². The van der Waals surface area contributed by atoms with Gasteiger partial charge in [-0.1, -0.05) is 30.4 Å². The fourth-order valence-corrected chi connectivity index (χ4v) is 5.30. The molecule has 3 rings (SSSR count). The first kappa shape index (κ1) is 20.3. The summed E-state index contributed by atoms with van der Waals surface area (Å²) in [6.45, 7) is 4.71. The Morgan fingerprint density at radius 2 is 1.86 bits per heavy atom. The number of carbonyl (C=O) groups is 1. The number of fused-ring (bicyclic) bond motifs is 1. The Bertz CT molecular complexity index is 1170. The van der Waals surface area contributed by atoms with Gasteiger partial charge in [0, 0.05) is 6.54 Å².